The predicted octanol–water partition coefficient (Wildman–Crippen LogP) is 4.47. The topological polar surface area (TPSA) is 47.6 Å². The average Bonchev–Trinajstić information content (AvgIpc) is 2.67. The fourth-order valence-corrected chi connectivity index (χ4v) is 5.16. The Morgan fingerprint density at radius 3 is 2.73 bits per heavy atom. The fourth-order valence-electron chi connectivity index (χ4n) is 4.15. The van der Waals surface area contributed by atoms with Crippen molar-refractivity contribution in [1.82, 2.24) is 0 Å². The number of fused-ring (bicyclic) bond motifs is 1. The van der Waals surface area contributed by atoms with E-state index in [0.717, 1.165) is 25.0 Å². The standard InChI is InChI=1S/C21H23FN2OS/c22-19-9-5-4-8-18(19)21-11-10-17(12-16(21)14-26-20(23)24-21)25-13-15-6-2-1-3-7-15/h1-9,16-17H,10-14H2,(H2,23,24)/t16?,17-,21?/m1/s1. The minimum absolute atomic E-state index is 0.176. The van der Waals surface area contributed by atoms with E-state index >= 15 is 0 Å². The maximum absolute atomic E-state index is 14.6. The minimum atomic E-state index is -0.548. The molecular weight excluding hydrogens is 347 g/mol. The summed E-state index contributed by atoms with van der Waals surface area (Å²) in [6.45, 7) is 0.615. The molecule has 5 heteroatoms. The number of hydrogen-bond donors (Lipinski definition) is 1. The molecule has 136 valence electrons. The number of thioether (sulfide) groups is 1. The number of amidine groups is 1. The number of benzene rings is 2. The Labute approximate surface area is 157 Å². The van der Waals surface area contributed by atoms with Crippen LogP contribution in [0, 0.1) is 11.7 Å². The van der Waals surface area contributed by atoms with E-state index in [-0.39, 0.29) is 17.8 Å². The molecule has 2 N–H and O–H groups in total. The van der Waals surface area contributed by atoms with Gasteiger partial charge in [-0.15, -0.1) is 0 Å². The minimum Gasteiger partial charge on any atom is -0.379 e. The summed E-state index contributed by atoms with van der Waals surface area (Å²) < 4.78 is 20.8. The van der Waals surface area contributed by atoms with E-state index in [1.54, 1.807) is 17.8 Å². The van der Waals surface area contributed by atoms with Crippen LogP contribution in [0.25, 0.3) is 0 Å². The third-order valence-corrected chi connectivity index (χ3v) is 6.44. The highest BCUT2D eigenvalue weighted by Crippen LogP contribution is 2.50. The van der Waals surface area contributed by atoms with Crippen molar-refractivity contribution >= 4 is 16.9 Å². The van der Waals surface area contributed by atoms with Gasteiger partial charge in [0, 0.05) is 17.2 Å². The van der Waals surface area contributed by atoms with Gasteiger partial charge in [0.2, 0.25) is 0 Å². The van der Waals surface area contributed by atoms with Gasteiger partial charge in [-0.3, -0.25) is 4.99 Å². The van der Waals surface area contributed by atoms with Crippen LogP contribution in [0.3, 0.4) is 0 Å². The summed E-state index contributed by atoms with van der Waals surface area (Å²) in [6, 6.07) is 17.2. The normalized spacial score (nSPS) is 28.3. The summed E-state index contributed by atoms with van der Waals surface area (Å²) in [5, 5.41) is 0.563. The van der Waals surface area contributed by atoms with Crippen LogP contribution in [0.2, 0.25) is 0 Å². The van der Waals surface area contributed by atoms with Crippen LogP contribution >= 0.6 is 11.8 Å². The van der Waals surface area contributed by atoms with Crippen LogP contribution in [0.1, 0.15) is 30.4 Å². The summed E-state index contributed by atoms with van der Waals surface area (Å²) in [5.41, 5.74) is 7.35. The molecule has 0 radical (unpaired) electrons. The lowest BCUT2D eigenvalue weighted by atomic mass is 9.68. The van der Waals surface area contributed by atoms with Crippen LogP contribution in [-0.2, 0) is 16.9 Å². The molecule has 1 aliphatic carbocycles. The number of rotatable bonds is 4. The summed E-state index contributed by atoms with van der Waals surface area (Å²) in [4.78, 5) is 4.78. The summed E-state index contributed by atoms with van der Waals surface area (Å²) >= 11 is 1.57. The highest BCUT2D eigenvalue weighted by Gasteiger charge is 2.48. The Hall–Kier alpha value is -1.85. The van der Waals surface area contributed by atoms with Gasteiger partial charge in [-0.2, -0.15) is 0 Å². The molecule has 0 saturated heterocycles. The second-order valence-corrected chi connectivity index (χ2v) is 8.10. The zero-order valence-electron chi connectivity index (χ0n) is 14.6. The molecule has 2 aromatic carbocycles. The Kier molecular flexibility index (Phi) is 5.00. The molecule has 1 heterocycles. The number of hydrogen-bond acceptors (Lipinski definition) is 4. The SMILES string of the molecule is NC1=NC2(c3ccccc3F)CC[C@@H](OCc3ccccc3)CC2CS1. The van der Waals surface area contributed by atoms with Gasteiger partial charge in [-0.05, 0) is 30.9 Å². The largest absolute Gasteiger partial charge is 0.379 e. The molecule has 4 rings (SSSR count). The maximum Gasteiger partial charge on any atom is 0.154 e. The van der Waals surface area contributed by atoms with Crippen molar-refractivity contribution in [2.45, 2.75) is 37.5 Å². The van der Waals surface area contributed by atoms with E-state index in [9.17, 15) is 4.39 Å². The average molecular weight is 370 g/mol. The Morgan fingerprint density at radius 2 is 1.92 bits per heavy atom. The zero-order chi connectivity index (χ0) is 18.0. The first-order chi connectivity index (χ1) is 12.7. The smallest absolute Gasteiger partial charge is 0.154 e. The number of nitrogens with two attached hydrogens (primary N) is 1. The van der Waals surface area contributed by atoms with Crippen molar-refractivity contribution in [2.24, 2.45) is 16.6 Å². The molecule has 3 nitrogen and oxygen atoms in total. The molecule has 0 bridgehead atoms. The first-order valence-electron chi connectivity index (χ1n) is 9.06. The van der Waals surface area contributed by atoms with Gasteiger partial charge in [0.15, 0.2) is 5.17 Å². The highest BCUT2D eigenvalue weighted by molar-refractivity contribution is 8.13. The van der Waals surface area contributed by atoms with Crippen molar-refractivity contribution in [1.29, 1.82) is 0 Å². The molecule has 2 aromatic rings. The van der Waals surface area contributed by atoms with Crippen molar-refractivity contribution in [3.8, 4) is 0 Å². The Morgan fingerprint density at radius 1 is 1.15 bits per heavy atom. The van der Waals surface area contributed by atoms with Gasteiger partial charge >= 0.3 is 0 Å². The lowest BCUT2D eigenvalue weighted by Gasteiger charge is -2.46. The van der Waals surface area contributed by atoms with E-state index in [2.05, 4.69) is 12.1 Å². The van der Waals surface area contributed by atoms with E-state index in [1.807, 2.05) is 30.3 Å². The number of aliphatic imine (C=N–C) groups is 1. The molecule has 0 amide bonds. The van der Waals surface area contributed by atoms with E-state index in [1.165, 1.54) is 11.6 Å². The summed E-state index contributed by atoms with van der Waals surface area (Å²) in [6.07, 6.45) is 2.68. The van der Waals surface area contributed by atoms with Crippen molar-refractivity contribution in [3.63, 3.8) is 0 Å². The monoisotopic (exact) mass is 370 g/mol. The lowest BCUT2D eigenvalue weighted by Crippen LogP contribution is -2.46. The maximum atomic E-state index is 14.6. The number of ether oxygens (including phenoxy) is 1. The van der Waals surface area contributed by atoms with Crippen LogP contribution in [0.15, 0.2) is 59.6 Å². The molecule has 3 atom stereocenters. The molecule has 2 aliphatic rings. The Bertz CT molecular complexity index is 798. The molecular formula is C21H23FN2OS. The third kappa shape index (κ3) is 3.38. The quantitative estimate of drug-likeness (QED) is 0.864. The molecule has 2 unspecified atom stereocenters. The highest BCUT2D eigenvalue weighted by atomic mass is 32.2. The molecule has 1 fully saturated rings. The molecule has 0 aromatic heterocycles. The molecule has 1 saturated carbocycles. The van der Waals surface area contributed by atoms with Gasteiger partial charge in [-0.25, -0.2) is 4.39 Å². The van der Waals surface area contributed by atoms with Crippen LogP contribution < -0.4 is 5.73 Å². The van der Waals surface area contributed by atoms with Gasteiger partial charge in [0.1, 0.15) is 5.82 Å². The molecule has 1 aliphatic heterocycles. The fraction of sp³-hybridized carbons (Fsp3) is 0.381. The van der Waals surface area contributed by atoms with Gasteiger partial charge in [-0.1, -0.05) is 60.3 Å². The Balaban J connectivity index is 1.54. The van der Waals surface area contributed by atoms with Crippen molar-refractivity contribution < 1.29 is 9.13 Å². The first-order valence-corrected chi connectivity index (χ1v) is 10.0. The first kappa shape index (κ1) is 17.6. The summed E-state index contributed by atoms with van der Waals surface area (Å²) in [7, 11) is 0. The third-order valence-electron chi connectivity index (χ3n) is 5.48. The second-order valence-electron chi connectivity index (χ2n) is 7.06. The number of halogens is 1. The van der Waals surface area contributed by atoms with Gasteiger partial charge in [0.05, 0.1) is 18.2 Å². The molecule has 0 spiro atoms. The van der Waals surface area contributed by atoms with E-state index in [4.69, 9.17) is 15.5 Å². The van der Waals surface area contributed by atoms with E-state index in [0.29, 0.717) is 17.3 Å². The number of nitrogens with zero attached hydrogens (tertiary/aromatic N) is 1. The lowest BCUT2D eigenvalue weighted by molar-refractivity contribution is -0.0168. The summed E-state index contributed by atoms with van der Waals surface area (Å²) in [5.74, 6) is 0.894. The van der Waals surface area contributed by atoms with Gasteiger partial charge < -0.3 is 10.5 Å². The van der Waals surface area contributed by atoms with Crippen LogP contribution in [0.5, 0.6) is 0 Å². The van der Waals surface area contributed by atoms with Crippen LogP contribution in [0.4, 0.5) is 4.39 Å². The zero-order valence-corrected chi connectivity index (χ0v) is 15.4. The van der Waals surface area contributed by atoms with Crippen LogP contribution in [-0.4, -0.2) is 17.0 Å². The second kappa shape index (κ2) is 7.41. The van der Waals surface area contributed by atoms with Crippen molar-refractivity contribution in [2.75, 3.05) is 5.75 Å². The van der Waals surface area contributed by atoms with Gasteiger partial charge in [0.25, 0.3) is 0 Å². The molecule has 26 heavy (non-hydrogen) atoms. The van der Waals surface area contributed by atoms with Crippen molar-refractivity contribution in [3.05, 3.63) is 71.5 Å². The predicted molar refractivity (Wildman–Crippen MR) is 105 cm³/mol. The van der Waals surface area contributed by atoms with E-state index < -0.39 is 5.54 Å².